The lowest BCUT2D eigenvalue weighted by atomic mass is 9.84. The zero-order valence-corrected chi connectivity index (χ0v) is 19.7. The third kappa shape index (κ3) is 4.51. The quantitative estimate of drug-likeness (QED) is 0.606. The number of carbonyl (C=O) groups is 1. The van der Waals surface area contributed by atoms with E-state index >= 15 is 0 Å². The van der Waals surface area contributed by atoms with Gasteiger partial charge >= 0.3 is 6.09 Å². The number of H-pyrrole nitrogens is 1. The van der Waals surface area contributed by atoms with E-state index in [0.29, 0.717) is 54.3 Å². The van der Waals surface area contributed by atoms with Gasteiger partial charge in [0.05, 0.1) is 24.8 Å². The molecule has 2 aliphatic heterocycles. The van der Waals surface area contributed by atoms with Crippen molar-refractivity contribution in [1.29, 1.82) is 5.26 Å². The van der Waals surface area contributed by atoms with E-state index in [1.807, 2.05) is 26.8 Å². The van der Waals surface area contributed by atoms with Gasteiger partial charge in [0.25, 0.3) is 0 Å². The van der Waals surface area contributed by atoms with Gasteiger partial charge in [-0.15, -0.1) is 0 Å². The second kappa shape index (κ2) is 8.82. The summed E-state index contributed by atoms with van der Waals surface area (Å²) >= 11 is 0. The molecule has 2 aliphatic rings. The summed E-state index contributed by atoms with van der Waals surface area (Å²) in [6.45, 7) is 7.37. The number of nitrogens with one attached hydrogen (secondary N) is 1. The summed E-state index contributed by atoms with van der Waals surface area (Å²) in [7, 11) is 0. The first-order valence-corrected chi connectivity index (χ1v) is 11.5. The number of likely N-dealkylation sites (tertiary alicyclic amines) is 1. The maximum atomic E-state index is 14.7. The minimum Gasteiger partial charge on any atom is -0.472 e. The van der Waals surface area contributed by atoms with Crippen molar-refractivity contribution >= 4 is 17.1 Å². The molecule has 2 unspecified atom stereocenters. The van der Waals surface area contributed by atoms with Gasteiger partial charge < -0.3 is 24.1 Å². The lowest BCUT2D eigenvalue weighted by molar-refractivity contribution is -0.112. The van der Waals surface area contributed by atoms with Crippen molar-refractivity contribution in [3.63, 3.8) is 0 Å². The van der Waals surface area contributed by atoms with E-state index in [4.69, 9.17) is 19.5 Å². The summed E-state index contributed by atoms with van der Waals surface area (Å²) in [6.07, 6.45) is 2.50. The Labute approximate surface area is 201 Å². The Kier molecular flexibility index (Phi) is 5.81. The molecule has 0 radical (unpaired) electrons. The molecule has 2 atom stereocenters. The number of fused-ring (bicyclic) bond motifs is 3. The van der Waals surface area contributed by atoms with Crippen molar-refractivity contribution in [1.82, 2.24) is 19.9 Å². The van der Waals surface area contributed by atoms with E-state index in [9.17, 15) is 9.18 Å². The number of ether oxygens (including phenoxy) is 3. The minimum absolute atomic E-state index is 0.0505. The fraction of sp³-hybridized carbons (Fsp3) is 0.440. The number of halogens is 1. The number of benzene rings is 1. The summed E-state index contributed by atoms with van der Waals surface area (Å²) in [5, 5.41) is 9.01. The first-order chi connectivity index (χ1) is 16.7. The van der Waals surface area contributed by atoms with Gasteiger partial charge in [0.1, 0.15) is 34.9 Å². The number of amides is 1. The third-order valence-electron chi connectivity index (χ3n) is 6.22. The van der Waals surface area contributed by atoms with Crippen LogP contribution in [0.1, 0.15) is 26.3 Å². The Hall–Kier alpha value is -3.71. The number of aromatic amines is 1. The van der Waals surface area contributed by atoms with Crippen LogP contribution in [0.2, 0.25) is 0 Å². The van der Waals surface area contributed by atoms with Gasteiger partial charge in [-0.1, -0.05) is 0 Å². The maximum Gasteiger partial charge on any atom is 0.410 e. The van der Waals surface area contributed by atoms with Gasteiger partial charge in [-0.25, -0.2) is 14.2 Å². The second-order valence-electron chi connectivity index (χ2n) is 9.94. The lowest BCUT2D eigenvalue weighted by Crippen LogP contribution is -2.59. The molecule has 3 aromatic rings. The highest BCUT2D eigenvalue weighted by Gasteiger charge is 2.44. The predicted octanol–water partition coefficient (Wildman–Crippen LogP) is 3.90. The van der Waals surface area contributed by atoms with Crippen LogP contribution >= 0.6 is 0 Å². The zero-order chi connectivity index (χ0) is 24.7. The van der Waals surface area contributed by atoms with Crippen molar-refractivity contribution in [2.75, 3.05) is 26.3 Å². The van der Waals surface area contributed by atoms with E-state index in [1.165, 1.54) is 12.4 Å². The molecule has 2 aromatic heterocycles. The van der Waals surface area contributed by atoms with Crippen molar-refractivity contribution in [3.8, 4) is 23.1 Å². The van der Waals surface area contributed by atoms with E-state index < -0.39 is 11.4 Å². The molecule has 1 N–H and O–H groups in total. The van der Waals surface area contributed by atoms with Crippen LogP contribution in [-0.2, 0) is 9.47 Å². The van der Waals surface area contributed by atoms with Crippen LogP contribution in [-0.4, -0.2) is 64.0 Å². The third-order valence-corrected chi connectivity index (χ3v) is 6.22. The fourth-order valence-corrected chi connectivity index (χ4v) is 4.71. The molecule has 2 saturated heterocycles. The Morgan fingerprint density at radius 2 is 1.97 bits per heavy atom. The van der Waals surface area contributed by atoms with Gasteiger partial charge in [-0.05, 0) is 39.0 Å². The number of piperidine rings is 1. The largest absolute Gasteiger partial charge is 0.472 e. The van der Waals surface area contributed by atoms with Crippen molar-refractivity contribution in [3.05, 3.63) is 42.1 Å². The normalized spacial score (nSPS) is 22.0. The molecule has 0 aliphatic carbocycles. The van der Waals surface area contributed by atoms with Gasteiger partial charge in [0.15, 0.2) is 0 Å². The standard InChI is InChI=1S/C25H26FN5O4/c1-25(2,3)35-24(32)31-9-15-11-33-12-16(10-31)22(15)34-23-21-20(29-13-30-23)18(8-28-21)17-5-4-14(7-27)6-19(17)26/h4-6,8,13,15-16,22,28H,9-12H2,1-3H3. The van der Waals surface area contributed by atoms with Crippen molar-refractivity contribution in [2.24, 2.45) is 11.8 Å². The highest BCUT2D eigenvalue weighted by atomic mass is 19.1. The first-order valence-electron chi connectivity index (χ1n) is 11.5. The molecule has 0 spiro atoms. The zero-order valence-electron chi connectivity index (χ0n) is 19.7. The van der Waals surface area contributed by atoms with Gasteiger partial charge in [0.2, 0.25) is 5.88 Å². The Morgan fingerprint density at radius 1 is 1.23 bits per heavy atom. The fourth-order valence-electron chi connectivity index (χ4n) is 4.71. The molecular weight excluding hydrogens is 453 g/mol. The minimum atomic E-state index is -0.567. The molecule has 1 aromatic carbocycles. The average molecular weight is 480 g/mol. The summed E-state index contributed by atoms with van der Waals surface area (Å²) in [5.74, 6) is -0.244. The van der Waals surface area contributed by atoms with Crippen LogP contribution < -0.4 is 4.74 Å². The molecule has 10 heteroatoms. The summed E-state index contributed by atoms with van der Waals surface area (Å²) in [4.78, 5) is 26.2. The molecule has 2 fully saturated rings. The number of hydrogen-bond donors (Lipinski definition) is 1. The SMILES string of the molecule is CC(C)(C)OC(=O)N1CC2COCC(C1)C2Oc1ncnc2c(-c3ccc(C#N)cc3F)c[nH]c12. The molecule has 9 nitrogen and oxygen atoms in total. The topological polar surface area (TPSA) is 113 Å². The monoisotopic (exact) mass is 479 g/mol. The van der Waals surface area contributed by atoms with Crippen LogP contribution in [0.25, 0.3) is 22.2 Å². The van der Waals surface area contributed by atoms with Crippen LogP contribution in [0.4, 0.5) is 9.18 Å². The molecule has 5 rings (SSSR count). The molecular formula is C25H26FN5O4. The van der Waals surface area contributed by atoms with Gasteiger partial charge in [0, 0.05) is 42.2 Å². The predicted molar refractivity (Wildman–Crippen MR) is 124 cm³/mol. The molecule has 1 amide bonds. The number of carbonyl (C=O) groups excluding carboxylic acids is 1. The molecule has 35 heavy (non-hydrogen) atoms. The van der Waals surface area contributed by atoms with E-state index in [2.05, 4.69) is 15.0 Å². The number of aromatic nitrogens is 3. The number of nitrogens with zero attached hydrogens (tertiary/aromatic N) is 4. The summed E-state index contributed by atoms with van der Waals surface area (Å²) < 4.78 is 32.4. The highest BCUT2D eigenvalue weighted by molar-refractivity contribution is 5.94. The maximum absolute atomic E-state index is 14.7. The van der Waals surface area contributed by atoms with Gasteiger partial charge in [-0.2, -0.15) is 10.2 Å². The number of hydrogen-bond acceptors (Lipinski definition) is 7. The van der Waals surface area contributed by atoms with Crippen LogP contribution in [0.15, 0.2) is 30.7 Å². The van der Waals surface area contributed by atoms with Crippen LogP contribution in [0.3, 0.4) is 0 Å². The van der Waals surface area contributed by atoms with Gasteiger partial charge in [-0.3, -0.25) is 0 Å². The second-order valence-corrected chi connectivity index (χ2v) is 9.94. The molecule has 4 heterocycles. The Morgan fingerprint density at radius 3 is 2.63 bits per heavy atom. The van der Waals surface area contributed by atoms with E-state index in [-0.39, 0.29) is 29.6 Å². The number of rotatable bonds is 3. The van der Waals surface area contributed by atoms with Crippen molar-refractivity contribution in [2.45, 2.75) is 32.5 Å². The van der Waals surface area contributed by atoms with Crippen LogP contribution in [0.5, 0.6) is 5.88 Å². The van der Waals surface area contributed by atoms with Crippen molar-refractivity contribution < 1.29 is 23.4 Å². The lowest BCUT2D eigenvalue weighted by Gasteiger charge is -2.46. The van der Waals surface area contributed by atoms with Crippen LogP contribution in [0, 0.1) is 29.0 Å². The Balaban J connectivity index is 1.40. The van der Waals surface area contributed by atoms with E-state index in [0.717, 1.165) is 0 Å². The first kappa shape index (κ1) is 23.1. The molecule has 0 saturated carbocycles. The summed E-state index contributed by atoms with van der Waals surface area (Å²) in [5.41, 5.74) is 1.64. The molecule has 2 bridgehead atoms. The Bertz CT molecular complexity index is 1300. The number of nitriles is 1. The highest BCUT2D eigenvalue weighted by Crippen LogP contribution is 2.36. The smallest absolute Gasteiger partial charge is 0.410 e. The molecule has 182 valence electrons. The van der Waals surface area contributed by atoms with E-state index in [1.54, 1.807) is 23.2 Å². The summed E-state index contributed by atoms with van der Waals surface area (Å²) in [6, 6.07) is 6.26. The average Bonchev–Trinajstić information content (AvgIpc) is 3.22.